The minimum absolute atomic E-state index is 0.0272. The van der Waals surface area contributed by atoms with Crippen molar-refractivity contribution in [1.29, 1.82) is 0 Å². The van der Waals surface area contributed by atoms with Gasteiger partial charge in [0, 0.05) is 11.3 Å². The van der Waals surface area contributed by atoms with E-state index in [-0.39, 0.29) is 34.9 Å². The second kappa shape index (κ2) is 9.21. The molecule has 2 fully saturated rings. The van der Waals surface area contributed by atoms with Gasteiger partial charge in [-0.25, -0.2) is 0 Å². The SMILES string of the molecule is C[C@@H](NC(=O)[C@H]1C[C@@H]1c1ccc(OCC2(C)COC2)cc1)c1ccc(OCC(F)(F)F)cn1. The van der Waals surface area contributed by atoms with Crippen LogP contribution in [0.15, 0.2) is 42.6 Å². The van der Waals surface area contributed by atoms with Gasteiger partial charge in [-0.05, 0) is 49.1 Å². The zero-order chi connectivity index (χ0) is 23.6. The first-order chi connectivity index (χ1) is 15.6. The first-order valence-electron chi connectivity index (χ1n) is 10.9. The minimum atomic E-state index is -4.40. The third kappa shape index (κ3) is 6.16. The predicted octanol–water partition coefficient (Wildman–Crippen LogP) is 4.42. The number of halogens is 3. The molecule has 1 saturated carbocycles. The number of carbonyl (C=O) groups excluding carboxylic acids is 1. The molecule has 9 heteroatoms. The molecule has 2 aromatic rings. The summed E-state index contributed by atoms with van der Waals surface area (Å²) in [4.78, 5) is 16.8. The van der Waals surface area contributed by atoms with Crippen molar-refractivity contribution < 1.29 is 32.2 Å². The van der Waals surface area contributed by atoms with Gasteiger partial charge in [0.25, 0.3) is 0 Å². The number of hydrogen-bond acceptors (Lipinski definition) is 5. The van der Waals surface area contributed by atoms with Crippen LogP contribution in [0.25, 0.3) is 0 Å². The number of aromatic nitrogens is 1. The fourth-order valence-electron chi connectivity index (χ4n) is 3.75. The monoisotopic (exact) mass is 464 g/mol. The van der Waals surface area contributed by atoms with Gasteiger partial charge < -0.3 is 19.5 Å². The molecule has 0 spiro atoms. The van der Waals surface area contributed by atoms with E-state index >= 15 is 0 Å². The van der Waals surface area contributed by atoms with Gasteiger partial charge in [0.2, 0.25) is 5.91 Å². The summed E-state index contributed by atoms with van der Waals surface area (Å²) in [6.07, 6.45) is -2.41. The van der Waals surface area contributed by atoms with Crippen molar-refractivity contribution in [2.24, 2.45) is 11.3 Å². The molecular weight excluding hydrogens is 437 g/mol. The lowest BCUT2D eigenvalue weighted by Crippen LogP contribution is -2.44. The largest absolute Gasteiger partial charge is 0.493 e. The number of carbonyl (C=O) groups is 1. The Morgan fingerprint density at radius 1 is 1.18 bits per heavy atom. The number of alkyl halides is 3. The molecule has 0 unspecified atom stereocenters. The van der Waals surface area contributed by atoms with Gasteiger partial charge in [-0.2, -0.15) is 13.2 Å². The molecule has 2 heterocycles. The predicted molar refractivity (Wildman–Crippen MR) is 114 cm³/mol. The first kappa shape index (κ1) is 23.4. The van der Waals surface area contributed by atoms with Crippen molar-refractivity contribution in [2.45, 2.75) is 38.4 Å². The van der Waals surface area contributed by atoms with Crippen LogP contribution in [0.1, 0.15) is 43.5 Å². The molecule has 0 radical (unpaired) electrons. The van der Waals surface area contributed by atoms with Crippen LogP contribution >= 0.6 is 0 Å². The first-order valence-corrected chi connectivity index (χ1v) is 10.9. The standard InChI is InChI=1S/C24H27F3N2O4/c1-15(21-8-7-18(10-28-21)33-14-24(25,26)27)29-22(30)20-9-19(20)16-3-5-17(6-4-16)32-13-23(2)11-31-12-23/h3-8,10,15,19-20H,9,11-14H2,1-2H3,(H,29,30)/t15-,19-,20+/m1/s1. The van der Waals surface area contributed by atoms with Crippen LogP contribution in [0.4, 0.5) is 13.2 Å². The molecule has 1 aliphatic carbocycles. The fraction of sp³-hybridized carbons (Fsp3) is 0.500. The number of rotatable bonds is 9. The zero-order valence-corrected chi connectivity index (χ0v) is 18.5. The zero-order valence-electron chi connectivity index (χ0n) is 18.5. The van der Waals surface area contributed by atoms with Gasteiger partial charge in [-0.1, -0.05) is 19.1 Å². The van der Waals surface area contributed by atoms with Gasteiger partial charge in [0.15, 0.2) is 6.61 Å². The van der Waals surface area contributed by atoms with Crippen molar-refractivity contribution in [3.05, 3.63) is 53.9 Å². The van der Waals surface area contributed by atoms with E-state index in [1.807, 2.05) is 24.3 Å². The molecular formula is C24H27F3N2O4. The number of pyridine rings is 1. The highest BCUT2D eigenvalue weighted by atomic mass is 19.4. The summed E-state index contributed by atoms with van der Waals surface area (Å²) in [5.74, 6) is 0.815. The van der Waals surface area contributed by atoms with Crippen LogP contribution in [-0.2, 0) is 9.53 Å². The number of amides is 1. The Morgan fingerprint density at radius 2 is 1.88 bits per heavy atom. The van der Waals surface area contributed by atoms with E-state index in [1.165, 1.54) is 12.3 Å². The van der Waals surface area contributed by atoms with Crippen LogP contribution in [-0.4, -0.2) is 43.5 Å². The smallest absolute Gasteiger partial charge is 0.422 e. The van der Waals surface area contributed by atoms with Gasteiger partial charge in [0.1, 0.15) is 11.5 Å². The molecule has 1 aromatic carbocycles. The molecule has 1 saturated heterocycles. The molecule has 4 rings (SSSR count). The lowest BCUT2D eigenvalue weighted by molar-refractivity contribution is -0.153. The lowest BCUT2D eigenvalue weighted by Gasteiger charge is -2.37. The third-order valence-electron chi connectivity index (χ3n) is 5.89. The van der Waals surface area contributed by atoms with Crippen LogP contribution in [0.5, 0.6) is 11.5 Å². The van der Waals surface area contributed by atoms with Gasteiger partial charge >= 0.3 is 6.18 Å². The second-order valence-electron chi connectivity index (χ2n) is 9.16. The number of ether oxygens (including phenoxy) is 3. The van der Waals surface area contributed by atoms with Gasteiger partial charge in [-0.15, -0.1) is 0 Å². The van der Waals surface area contributed by atoms with Crippen molar-refractivity contribution in [1.82, 2.24) is 10.3 Å². The molecule has 33 heavy (non-hydrogen) atoms. The quantitative estimate of drug-likeness (QED) is 0.595. The third-order valence-corrected chi connectivity index (χ3v) is 5.89. The van der Waals surface area contributed by atoms with Crippen molar-refractivity contribution in [2.75, 3.05) is 26.4 Å². The topological polar surface area (TPSA) is 69.7 Å². The average molecular weight is 464 g/mol. The normalized spacial score (nSPS) is 22.1. The Labute approximate surface area is 190 Å². The van der Waals surface area contributed by atoms with Gasteiger partial charge in [0.05, 0.1) is 37.8 Å². The number of hydrogen-bond donors (Lipinski definition) is 1. The van der Waals surface area contributed by atoms with Crippen LogP contribution in [0, 0.1) is 11.3 Å². The Hall–Kier alpha value is -2.81. The van der Waals surface area contributed by atoms with Crippen molar-refractivity contribution >= 4 is 5.91 Å². The molecule has 1 aromatic heterocycles. The fourth-order valence-corrected chi connectivity index (χ4v) is 3.75. The summed E-state index contributed by atoms with van der Waals surface area (Å²) in [6.45, 7) is 4.59. The Kier molecular flexibility index (Phi) is 6.52. The van der Waals surface area contributed by atoms with Crippen LogP contribution in [0.3, 0.4) is 0 Å². The lowest BCUT2D eigenvalue weighted by atomic mass is 9.90. The maximum Gasteiger partial charge on any atom is 0.422 e. The molecule has 6 nitrogen and oxygen atoms in total. The van der Waals surface area contributed by atoms with E-state index in [9.17, 15) is 18.0 Å². The molecule has 1 amide bonds. The van der Waals surface area contributed by atoms with Crippen LogP contribution in [0.2, 0.25) is 0 Å². The Balaban J connectivity index is 1.24. The van der Waals surface area contributed by atoms with Crippen molar-refractivity contribution in [3.63, 3.8) is 0 Å². The highest BCUT2D eigenvalue weighted by Crippen LogP contribution is 2.48. The Bertz CT molecular complexity index is 959. The van der Waals surface area contributed by atoms with Crippen molar-refractivity contribution in [3.8, 4) is 11.5 Å². The highest BCUT2D eigenvalue weighted by Gasteiger charge is 2.44. The summed E-state index contributed by atoms with van der Waals surface area (Å²) in [5.41, 5.74) is 1.73. The maximum absolute atomic E-state index is 12.6. The van der Waals surface area contributed by atoms with Gasteiger partial charge in [-0.3, -0.25) is 9.78 Å². The Morgan fingerprint density at radius 3 is 2.45 bits per heavy atom. The molecule has 0 bridgehead atoms. The van der Waals surface area contributed by atoms with E-state index < -0.39 is 12.8 Å². The molecule has 178 valence electrons. The number of nitrogens with one attached hydrogen (secondary N) is 1. The second-order valence-corrected chi connectivity index (χ2v) is 9.16. The summed E-state index contributed by atoms with van der Waals surface area (Å²) in [7, 11) is 0. The molecule has 2 aliphatic rings. The summed E-state index contributed by atoms with van der Waals surface area (Å²) >= 11 is 0. The average Bonchev–Trinajstić information content (AvgIpc) is 3.56. The summed E-state index contributed by atoms with van der Waals surface area (Å²) in [6, 6.07) is 10.5. The van der Waals surface area contributed by atoms with E-state index in [4.69, 9.17) is 9.47 Å². The summed E-state index contributed by atoms with van der Waals surface area (Å²) < 4.78 is 52.5. The van der Waals surface area contributed by atoms with E-state index in [0.717, 1.165) is 17.7 Å². The molecule has 1 aliphatic heterocycles. The van der Waals surface area contributed by atoms with E-state index in [1.54, 1.807) is 13.0 Å². The highest BCUT2D eigenvalue weighted by molar-refractivity contribution is 5.83. The van der Waals surface area contributed by atoms with E-state index in [2.05, 4.69) is 22.0 Å². The van der Waals surface area contributed by atoms with E-state index in [0.29, 0.717) is 25.5 Å². The minimum Gasteiger partial charge on any atom is -0.493 e. The molecule has 1 N–H and O–H groups in total. The number of nitrogens with zero attached hydrogens (tertiary/aromatic N) is 1. The number of benzene rings is 1. The summed E-state index contributed by atoms with van der Waals surface area (Å²) in [5, 5.41) is 2.94. The maximum atomic E-state index is 12.6. The van der Waals surface area contributed by atoms with Crippen LogP contribution < -0.4 is 14.8 Å². The molecule has 3 atom stereocenters.